The highest BCUT2D eigenvalue weighted by Gasteiger charge is 2.44. The molecule has 0 unspecified atom stereocenters. The number of aliphatic hydroxyl groups is 2. The monoisotopic (exact) mass is 582 g/mol. The summed E-state index contributed by atoms with van der Waals surface area (Å²) in [6, 6.07) is 10.8. The van der Waals surface area contributed by atoms with Crippen LogP contribution in [0.4, 0.5) is 5.82 Å². The molecule has 1 aromatic carbocycles. The summed E-state index contributed by atoms with van der Waals surface area (Å²) in [4.78, 5) is 17.7. The van der Waals surface area contributed by atoms with Crippen LogP contribution in [0, 0.1) is 0 Å². The molecule has 0 radical (unpaired) electrons. The molecule has 41 heavy (non-hydrogen) atoms. The minimum absolute atomic E-state index is 0.453. The Morgan fingerprint density at radius 3 is 2.73 bits per heavy atom. The van der Waals surface area contributed by atoms with Gasteiger partial charge in [-0.15, -0.1) is 0 Å². The molecule has 1 aliphatic heterocycles. The number of hydrogen-bond donors (Lipinski definition) is 5. The van der Waals surface area contributed by atoms with E-state index >= 15 is 0 Å². The van der Waals surface area contributed by atoms with Gasteiger partial charge in [-0.05, 0) is 43.4 Å². The minimum atomic E-state index is -1.09. The van der Waals surface area contributed by atoms with Gasteiger partial charge >= 0.3 is 0 Å². The number of nitrogens with two attached hydrogens (primary N) is 1. The molecule has 3 aromatic rings. The highest BCUT2D eigenvalue weighted by Crippen LogP contribution is 2.33. The third-order valence-electron chi connectivity index (χ3n) is 7.72. The van der Waals surface area contributed by atoms with E-state index in [1.807, 2.05) is 18.2 Å². The number of benzene rings is 1. The highest BCUT2D eigenvalue weighted by molar-refractivity contribution is 7.99. The number of guanidine groups is 1. The summed E-state index contributed by atoms with van der Waals surface area (Å²) < 4.78 is 7.80. The maximum atomic E-state index is 10.8. The molecule has 0 amide bonds. The van der Waals surface area contributed by atoms with E-state index in [4.69, 9.17) is 10.5 Å². The average molecular weight is 583 g/mol. The first kappa shape index (κ1) is 29.6. The summed E-state index contributed by atoms with van der Waals surface area (Å²) in [6.07, 6.45) is 8.62. The fourth-order valence-electron chi connectivity index (χ4n) is 5.48. The number of fused-ring (bicyclic) bond motifs is 1. The number of ether oxygens (including phenoxy) is 1. The maximum Gasteiger partial charge on any atom is 0.188 e. The molecule has 222 valence electrons. The van der Waals surface area contributed by atoms with Crippen LogP contribution in [0.2, 0.25) is 0 Å². The van der Waals surface area contributed by atoms with Gasteiger partial charge in [0.05, 0.1) is 12.4 Å². The second-order valence-corrected chi connectivity index (χ2v) is 11.9. The number of aliphatic hydroxyl groups excluding tert-OH is 2. The molecule has 12 heteroatoms. The summed E-state index contributed by atoms with van der Waals surface area (Å²) in [5.74, 6) is 2.58. The SMILES string of the molecule is NC(=NCCCSC[C@H]1O[C@@H](n2cnc3c(NCCCc4ccccc4)ncnc32)[C@H](O)[C@@H]1O)NC1CCCCC1. The Balaban J connectivity index is 1.08. The van der Waals surface area contributed by atoms with Crippen molar-refractivity contribution in [1.29, 1.82) is 0 Å². The Hall–Kier alpha value is -2.93. The van der Waals surface area contributed by atoms with Gasteiger partial charge in [-0.25, -0.2) is 15.0 Å². The van der Waals surface area contributed by atoms with Crippen LogP contribution in [0.15, 0.2) is 48.0 Å². The quantitative estimate of drug-likeness (QED) is 0.115. The highest BCUT2D eigenvalue weighted by atomic mass is 32.2. The first-order chi connectivity index (χ1) is 20.1. The van der Waals surface area contributed by atoms with Crippen molar-refractivity contribution >= 4 is 34.7 Å². The van der Waals surface area contributed by atoms with Gasteiger partial charge < -0.3 is 31.3 Å². The Labute approximate surface area is 245 Å². The van der Waals surface area contributed by atoms with E-state index in [1.165, 1.54) is 31.2 Å². The summed E-state index contributed by atoms with van der Waals surface area (Å²) in [5.41, 5.74) is 8.50. The zero-order valence-corrected chi connectivity index (χ0v) is 24.3. The zero-order valence-electron chi connectivity index (χ0n) is 23.4. The Kier molecular flexibility index (Phi) is 10.7. The molecule has 11 nitrogen and oxygen atoms in total. The number of nitrogens with zero attached hydrogens (tertiary/aromatic N) is 5. The van der Waals surface area contributed by atoms with Crippen LogP contribution >= 0.6 is 11.8 Å². The average Bonchev–Trinajstić information content (AvgIpc) is 3.55. The fourth-order valence-corrected chi connectivity index (χ4v) is 6.48. The molecule has 4 atom stereocenters. The molecule has 1 aliphatic carbocycles. The van der Waals surface area contributed by atoms with E-state index < -0.39 is 24.5 Å². The molecule has 2 aliphatic rings. The van der Waals surface area contributed by atoms with Crippen LogP contribution in [0.5, 0.6) is 0 Å². The number of thioether (sulfide) groups is 1. The molecule has 0 spiro atoms. The van der Waals surface area contributed by atoms with Crippen molar-refractivity contribution in [3.63, 3.8) is 0 Å². The normalized spacial score (nSPS) is 23.7. The molecule has 1 saturated heterocycles. The summed E-state index contributed by atoms with van der Waals surface area (Å²) in [5, 5.41) is 28.2. The summed E-state index contributed by atoms with van der Waals surface area (Å²) in [7, 11) is 0. The topological polar surface area (TPSA) is 156 Å². The molecule has 1 saturated carbocycles. The number of aromatic nitrogens is 4. The number of imidazole rings is 1. The largest absolute Gasteiger partial charge is 0.387 e. The van der Waals surface area contributed by atoms with Gasteiger partial charge in [0, 0.05) is 24.9 Å². The standard InChI is InChI=1S/C29H42N8O3S/c30-29(36-21-12-5-2-6-13-21)32-15-8-16-41-17-22-24(38)25(39)28(40-22)37-19-35-23-26(33-18-34-27(23)37)31-14-7-11-20-9-3-1-4-10-20/h1,3-4,9-10,18-19,21-22,24-25,28,38-39H,2,5-8,11-17H2,(H3,30,32,36)(H,31,33,34)/t22-,24-,25-,28-/m1/s1. The van der Waals surface area contributed by atoms with Crippen molar-refractivity contribution in [3.8, 4) is 0 Å². The smallest absolute Gasteiger partial charge is 0.188 e. The number of rotatable bonds is 13. The number of nitrogens with one attached hydrogen (secondary N) is 2. The van der Waals surface area contributed by atoms with Crippen LogP contribution in [0.3, 0.4) is 0 Å². The molecule has 2 aromatic heterocycles. The van der Waals surface area contributed by atoms with Crippen molar-refractivity contribution in [1.82, 2.24) is 24.8 Å². The number of hydrogen-bond acceptors (Lipinski definition) is 9. The minimum Gasteiger partial charge on any atom is -0.387 e. The third-order valence-corrected chi connectivity index (χ3v) is 8.86. The molecule has 3 heterocycles. The second kappa shape index (κ2) is 14.8. The van der Waals surface area contributed by atoms with E-state index in [0.29, 0.717) is 41.3 Å². The molecular weight excluding hydrogens is 540 g/mol. The van der Waals surface area contributed by atoms with Gasteiger partial charge in [-0.1, -0.05) is 49.6 Å². The van der Waals surface area contributed by atoms with Gasteiger partial charge in [0.2, 0.25) is 0 Å². The first-order valence-electron chi connectivity index (χ1n) is 14.7. The van der Waals surface area contributed by atoms with Crippen LogP contribution in [0.1, 0.15) is 56.7 Å². The van der Waals surface area contributed by atoms with E-state index in [1.54, 1.807) is 22.7 Å². The maximum absolute atomic E-state index is 10.8. The van der Waals surface area contributed by atoms with Crippen molar-refractivity contribution in [2.45, 2.75) is 81.9 Å². The lowest BCUT2D eigenvalue weighted by Crippen LogP contribution is -2.41. The van der Waals surface area contributed by atoms with E-state index in [2.05, 4.69) is 42.7 Å². The van der Waals surface area contributed by atoms with Crippen LogP contribution in [-0.4, -0.2) is 84.6 Å². The Bertz CT molecular complexity index is 1250. The van der Waals surface area contributed by atoms with Crippen LogP contribution < -0.4 is 16.4 Å². The second-order valence-electron chi connectivity index (χ2n) is 10.8. The van der Waals surface area contributed by atoms with Crippen LogP contribution in [0.25, 0.3) is 11.2 Å². The van der Waals surface area contributed by atoms with E-state index in [-0.39, 0.29) is 0 Å². The molecule has 0 bridgehead atoms. The molecule has 2 fully saturated rings. The molecule has 5 rings (SSSR count). The lowest BCUT2D eigenvalue weighted by atomic mass is 9.96. The predicted octanol–water partition coefficient (Wildman–Crippen LogP) is 2.85. The number of anilines is 1. The zero-order chi connectivity index (χ0) is 28.4. The lowest BCUT2D eigenvalue weighted by Gasteiger charge is -2.23. The Morgan fingerprint density at radius 2 is 1.90 bits per heavy atom. The first-order valence-corrected chi connectivity index (χ1v) is 15.9. The number of aryl methyl sites for hydroxylation is 1. The van der Waals surface area contributed by atoms with E-state index in [0.717, 1.165) is 44.4 Å². The Morgan fingerprint density at radius 1 is 1.07 bits per heavy atom. The van der Waals surface area contributed by atoms with E-state index in [9.17, 15) is 10.2 Å². The van der Waals surface area contributed by atoms with Crippen LogP contribution in [-0.2, 0) is 11.2 Å². The third kappa shape index (κ3) is 7.88. The molecule has 6 N–H and O–H groups in total. The van der Waals surface area contributed by atoms with Gasteiger partial charge in [-0.2, -0.15) is 11.8 Å². The van der Waals surface area contributed by atoms with Crippen molar-refractivity contribution in [3.05, 3.63) is 48.5 Å². The summed E-state index contributed by atoms with van der Waals surface area (Å²) in [6.45, 7) is 1.39. The van der Waals surface area contributed by atoms with Crippen molar-refractivity contribution in [2.24, 2.45) is 10.7 Å². The predicted molar refractivity (Wildman–Crippen MR) is 163 cm³/mol. The fraction of sp³-hybridized carbons (Fsp3) is 0.586. The van der Waals surface area contributed by atoms with Crippen molar-refractivity contribution in [2.75, 3.05) is 29.9 Å². The van der Waals surface area contributed by atoms with Gasteiger partial charge in [-0.3, -0.25) is 9.56 Å². The van der Waals surface area contributed by atoms with Crippen molar-refractivity contribution < 1.29 is 14.9 Å². The van der Waals surface area contributed by atoms with Gasteiger partial charge in [0.1, 0.15) is 18.5 Å². The summed E-state index contributed by atoms with van der Waals surface area (Å²) >= 11 is 1.67. The number of aliphatic imine (C=N–C) groups is 1. The molecular formula is C29H42N8O3S. The lowest BCUT2D eigenvalue weighted by molar-refractivity contribution is -0.0289. The van der Waals surface area contributed by atoms with Gasteiger partial charge in [0.25, 0.3) is 0 Å². The van der Waals surface area contributed by atoms with Gasteiger partial charge in [0.15, 0.2) is 29.2 Å².